The summed E-state index contributed by atoms with van der Waals surface area (Å²) in [5, 5.41) is 2.66. The predicted molar refractivity (Wildman–Crippen MR) is 137 cm³/mol. The fraction of sp³-hybridized carbons (Fsp3) is 0.192. The van der Waals surface area contributed by atoms with Crippen molar-refractivity contribution < 1.29 is 9.53 Å². The van der Waals surface area contributed by atoms with E-state index in [4.69, 9.17) is 39.5 Å². The predicted octanol–water partition coefficient (Wildman–Crippen LogP) is 8.16. The molecule has 0 aliphatic heterocycles. The molecule has 1 heterocycles. The van der Waals surface area contributed by atoms with Gasteiger partial charge in [0.1, 0.15) is 5.75 Å². The van der Waals surface area contributed by atoms with Crippen molar-refractivity contribution in [2.24, 2.45) is 0 Å². The Labute approximate surface area is 208 Å². The molecule has 0 saturated heterocycles. The molecule has 0 spiro atoms. The smallest absolute Gasteiger partial charge is 0.410 e. The Balaban J connectivity index is 1.83. The Kier molecular flexibility index (Phi) is 7.18. The number of rotatable bonds is 6. The summed E-state index contributed by atoms with van der Waals surface area (Å²) in [4.78, 5) is 14.4. The molecule has 3 aromatic carbocycles. The number of amides is 1. The van der Waals surface area contributed by atoms with Crippen LogP contribution in [-0.2, 0) is 6.54 Å². The van der Waals surface area contributed by atoms with Gasteiger partial charge in [0.05, 0.1) is 0 Å². The lowest BCUT2D eigenvalue weighted by Gasteiger charge is -2.20. The highest BCUT2D eigenvalue weighted by molar-refractivity contribution is 6.35. The second kappa shape index (κ2) is 10.1. The van der Waals surface area contributed by atoms with E-state index in [0.717, 1.165) is 27.6 Å². The fourth-order valence-corrected chi connectivity index (χ4v) is 4.55. The minimum Gasteiger partial charge on any atom is -0.410 e. The SMILES string of the molecule is CCN(CC)C(=O)Oc1ccc2c(ccn2Cc2ccc(Cl)cc2)c1-c1cc(Cl)cc(Cl)c1. The Bertz CT molecular complexity index is 1270. The molecular weight excluding hydrogens is 479 g/mol. The van der Waals surface area contributed by atoms with Gasteiger partial charge in [-0.05, 0) is 73.5 Å². The van der Waals surface area contributed by atoms with Crippen LogP contribution in [0.25, 0.3) is 22.0 Å². The summed E-state index contributed by atoms with van der Waals surface area (Å²) in [5.41, 5.74) is 3.68. The van der Waals surface area contributed by atoms with Gasteiger partial charge < -0.3 is 14.2 Å². The van der Waals surface area contributed by atoms with Gasteiger partial charge in [0.25, 0.3) is 0 Å². The van der Waals surface area contributed by atoms with Gasteiger partial charge in [0.2, 0.25) is 0 Å². The number of hydrogen-bond donors (Lipinski definition) is 0. The molecule has 4 aromatic rings. The summed E-state index contributed by atoms with van der Waals surface area (Å²) in [6.45, 7) is 5.64. The highest BCUT2D eigenvalue weighted by Crippen LogP contribution is 2.40. The summed E-state index contributed by atoms with van der Waals surface area (Å²) < 4.78 is 7.99. The molecular formula is C26H23Cl3N2O2. The van der Waals surface area contributed by atoms with Crippen LogP contribution in [-0.4, -0.2) is 28.6 Å². The summed E-state index contributed by atoms with van der Waals surface area (Å²) in [6.07, 6.45) is 1.62. The molecule has 0 radical (unpaired) electrons. The summed E-state index contributed by atoms with van der Waals surface area (Å²) in [6, 6.07) is 18.9. The highest BCUT2D eigenvalue weighted by atomic mass is 35.5. The van der Waals surface area contributed by atoms with Crippen molar-refractivity contribution in [1.82, 2.24) is 9.47 Å². The van der Waals surface area contributed by atoms with Crippen LogP contribution in [0.2, 0.25) is 15.1 Å². The standard InChI is InChI=1S/C26H23Cl3N2O2/c1-3-30(4-2)26(32)33-24-10-9-23-22(25(24)18-13-20(28)15-21(29)14-18)11-12-31(23)16-17-5-7-19(27)8-6-17/h5-15H,3-4,16H2,1-2H3. The monoisotopic (exact) mass is 500 g/mol. The van der Waals surface area contributed by atoms with Crippen molar-refractivity contribution in [3.8, 4) is 16.9 Å². The molecule has 0 unspecified atom stereocenters. The van der Waals surface area contributed by atoms with Crippen LogP contribution in [0.4, 0.5) is 4.79 Å². The first-order valence-corrected chi connectivity index (χ1v) is 11.8. The van der Waals surface area contributed by atoms with Gasteiger partial charge in [-0.15, -0.1) is 0 Å². The van der Waals surface area contributed by atoms with Crippen LogP contribution >= 0.6 is 34.8 Å². The highest BCUT2D eigenvalue weighted by Gasteiger charge is 2.19. The third-order valence-electron chi connectivity index (χ3n) is 5.55. The van der Waals surface area contributed by atoms with Gasteiger partial charge in [0, 0.05) is 57.4 Å². The molecule has 0 bridgehead atoms. The zero-order chi connectivity index (χ0) is 23.5. The molecule has 1 aromatic heterocycles. The molecule has 0 N–H and O–H groups in total. The molecule has 170 valence electrons. The fourth-order valence-electron chi connectivity index (χ4n) is 3.90. The van der Waals surface area contributed by atoms with Crippen LogP contribution in [0.5, 0.6) is 5.75 Å². The van der Waals surface area contributed by atoms with Gasteiger partial charge in [-0.2, -0.15) is 0 Å². The van der Waals surface area contributed by atoms with E-state index in [2.05, 4.69) is 4.57 Å². The van der Waals surface area contributed by atoms with Crippen LogP contribution in [0.15, 0.2) is 66.9 Å². The van der Waals surface area contributed by atoms with Crippen molar-refractivity contribution in [3.05, 3.63) is 87.5 Å². The zero-order valence-corrected chi connectivity index (χ0v) is 20.6. The molecule has 0 aliphatic rings. The summed E-state index contributed by atoms with van der Waals surface area (Å²) >= 11 is 18.7. The number of nitrogens with zero attached hydrogens (tertiary/aromatic N) is 2. The second-order valence-corrected chi connectivity index (χ2v) is 8.95. The van der Waals surface area contributed by atoms with Crippen molar-refractivity contribution in [2.45, 2.75) is 20.4 Å². The van der Waals surface area contributed by atoms with E-state index in [1.165, 1.54) is 0 Å². The Morgan fingerprint density at radius 3 is 2.18 bits per heavy atom. The van der Waals surface area contributed by atoms with Crippen molar-refractivity contribution in [3.63, 3.8) is 0 Å². The normalized spacial score (nSPS) is 11.1. The van der Waals surface area contributed by atoms with Crippen molar-refractivity contribution >= 4 is 51.8 Å². The third kappa shape index (κ3) is 5.14. The van der Waals surface area contributed by atoms with Gasteiger partial charge in [0.15, 0.2) is 0 Å². The lowest BCUT2D eigenvalue weighted by atomic mass is 10.0. The number of carbonyl (C=O) groups excluding carboxylic acids is 1. The van der Waals surface area contributed by atoms with E-state index in [1.54, 1.807) is 11.0 Å². The number of hydrogen-bond acceptors (Lipinski definition) is 2. The molecule has 4 rings (SSSR count). The van der Waals surface area contributed by atoms with Crippen LogP contribution in [0.3, 0.4) is 0 Å². The van der Waals surface area contributed by atoms with E-state index in [0.29, 0.717) is 40.5 Å². The summed E-state index contributed by atoms with van der Waals surface area (Å²) in [5.74, 6) is 0.460. The summed E-state index contributed by atoms with van der Waals surface area (Å²) in [7, 11) is 0. The largest absolute Gasteiger partial charge is 0.415 e. The lowest BCUT2D eigenvalue weighted by Crippen LogP contribution is -2.33. The average molecular weight is 502 g/mol. The maximum Gasteiger partial charge on any atom is 0.415 e. The number of benzene rings is 3. The molecule has 7 heteroatoms. The second-order valence-electron chi connectivity index (χ2n) is 7.64. The number of carbonyl (C=O) groups is 1. The van der Waals surface area contributed by atoms with Gasteiger partial charge in [-0.25, -0.2) is 4.79 Å². The maximum absolute atomic E-state index is 12.7. The molecule has 33 heavy (non-hydrogen) atoms. The van der Waals surface area contributed by atoms with E-state index < -0.39 is 6.09 Å². The molecule has 0 saturated carbocycles. The first kappa shape index (κ1) is 23.5. The quantitative estimate of drug-likeness (QED) is 0.267. The number of aromatic nitrogens is 1. The maximum atomic E-state index is 12.7. The Morgan fingerprint density at radius 2 is 1.55 bits per heavy atom. The topological polar surface area (TPSA) is 34.5 Å². The van der Waals surface area contributed by atoms with E-state index >= 15 is 0 Å². The van der Waals surface area contributed by atoms with Gasteiger partial charge in [-0.1, -0.05) is 46.9 Å². The first-order valence-electron chi connectivity index (χ1n) is 10.7. The number of halogens is 3. The molecule has 1 amide bonds. The third-order valence-corrected chi connectivity index (χ3v) is 6.24. The lowest BCUT2D eigenvalue weighted by molar-refractivity contribution is 0.157. The van der Waals surface area contributed by atoms with Crippen LogP contribution in [0, 0.1) is 0 Å². The van der Waals surface area contributed by atoms with E-state index in [9.17, 15) is 4.79 Å². The Hall–Kier alpha value is -2.66. The van der Waals surface area contributed by atoms with E-state index in [-0.39, 0.29) is 0 Å². The zero-order valence-electron chi connectivity index (χ0n) is 18.3. The first-order chi connectivity index (χ1) is 15.9. The molecule has 4 nitrogen and oxygen atoms in total. The molecule has 0 fully saturated rings. The van der Waals surface area contributed by atoms with Gasteiger partial charge in [-0.3, -0.25) is 0 Å². The minimum absolute atomic E-state index is 0.394. The van der Waals surface area contributed by atoms with Crippen LogP contribution < -0.4 is 4.74 Å². The number of ether oxygens (including phenoxy) is 1. The van der Waals surface area contributed by atoms with Crippen molar-refractivity contribution in [2.75, 3.05) is 13.1 Å². The Morgan fingerprint density at radius 1 is 0.879 bits per heavy atom. The average Bonchev–Trinajstić information content (AvgIpc) is 3.18. The van der Waals surface area contributed by atoms with E-state index in [1.807, 2.05) is 74.6 Å². The molecule has 0 atom stereocenters. The van der Waals surface area contributed by atoms with Crippen molar-refractivity contribution in [1.29, 1.82) is 0 Å². The minimum atomic E-state index is -0.394. The van der Waals surface area contributed by atoms with Crippen LogP contribution in [0.1, 0.15) is 19.4 Å². The molecule has 0 aliphatic carbocycles. The number of fused-ring (bicyclic) bond motifs is 1. The van der Waals surface area contributed by atoms with Gasteiger partial charge >= 0.3 is 6.09 Å².